The van der Waals surface area contributed by atoms with E-state index in [1.54, 1.807) is 11.8 Å². The monoisotopic (exact) mass is 348 g/mol. The Bertz CT molecular complexity index is 662. The molecule has 0 aliphatic carbocycles. The number of rotatable bonds is 5. The number of hydrogen-bond acceptors (Lipinski definition) is 5. The first-order chi connectivity index (χ1) is 11.8. The Kier molecular flexibility index (Phi) is 6.08. The van der Waals surface area contributed by atoms with Crippen molar-refractivity contribution in [2.24, 2.45) is 5.73 Å². The summed E-state index contributed by atoms with van der Waals surface area (Å²) in [6.45, 7) is 4.12. The molecule has 1 aromatic rings. The van der Waals surface area contributed by atoms with E-state index >= 15 is 0 Å². The molecule has 0 saturated carbocycles. The summed E-state index contributed by atoms with van der Waals surface area (Å²) < 4.78 is 0. The quantitative estimate of drug-likeness (QED) is 0.616. The van der Waals surface area contributed by atoms with E-state index in [9.17, 15) is 19.7 Å². The SMILES string of the molecule is CC(NC(=O)c1cccc([N+](=O)[O-])c1)C(=O)N1CCCCC1C(C)N. The molecular weight excluding hydrogens is 324 g/mol. The number of nitrogens with one attached hydrogen (secondary N) is 1. The molecule has 2 amide bonds. The van der Waals surface area contributed by atoms with Crippen LogP contribution in [0.5, 0.6) is 0 Å². The molecule has 1 saturated heterocycles. The molecule has 1 aliphatic rings. The lowest BCUT2D eigenvalue weighted by atomic mass is 9.96. The molecule has 8 nitrogen and oxygen atoms in total. The van der Waals surface area contributed by atoms with Crippen LogP contribution in [0.4, 0.5) is 5.69 Å². The molecule has 136 valence electrons. The van der Waals surface area contributed by atoms with E-state index in [4.69, 9.17) is 5.73 Å². The van der Waals surface area contributed by atoms with E-state index in [1.165, 1.54) is 24.3 Å². The third-order valence-corrected chi connectivity index (χ3v) is 4.48. The van der Waals surface area contributed by atoms with Gasteiger partial charge in [-0.15, -0.1) is 0 Å². The van der Waals surface area contributed by atoms with Crippen LogP contribution in [0.25, 0.3) is 0 Å². The number of carbonyl (C=O) groups excluding carboxylic acids is 2. The first kappa shape index (κ1) is 18.9. The van der Waals surface area contributed by atoms with Crippen LogP contribution >= 0.6 is 0 Å². The smallest absolute Gasteiger partial charge is 0.270 e. The Morgan fingerprint density at radius 2 is 2.08 bits per heavy atom. The largest absolute Gasteiger partial charge is 0.341 e. The van der Waals surface area contributed by atoms with Crippen LogP contribution in [0.2, 0.25) is 0 Å². The van der Waals surface area contributed by atoms with Gasteiger partial charge in [-0.05, 0) is 39.2 Å². The van der Waals surface area contributed by atoms with Gasteiger partial charge in [0.2, 0.25) is 5.91 Å². The first-order valence-electron chi connectivity index (χ1n) is 8.42. The molecule has 3 N–H and O–H groups in total. The van der Waals surface area contributed by atoms with Crippen LogP contribution in [-0.4, -0.2) is 46.3 Å². The van der Waals surface area contributed by atoms with Gasteiger partial charge in [0.05, 0.1) is 4.92 Å². The summed E-state index contributed by atoms with van der Waals surface area (Å²) in [6, 6.07) is 4.53. The van der Waals surface area contributed by atoms with E-state index in [1.807, 2.05) is 6.92 Å². The molecule has 8 heteroatoms. The molecule has 0 radical (unpaired) electrons. The highest BCUT2D eigenvalue weighted by Gasteiger charge is 2.32. The zero-order valence-corrected chi connectivity index (χ0v) is 14.5. The third-order valence-electron chi connectivity index (χ3n) is 4.48. The minimum atomic E-state index is -0.730. The lowest BCUT2D eigenvalue weighted by molar-refractivity contribution is -0.384. The Labute approximate surface area is 146 Å². The number of nitrogens with zero attached hydrogens (tertiary/aromatic N) is 2. The number of carbonyl (C=O) groups is 2. The van der Waals surface area contributed by atoms with Crippen LogP contribution in [-0.2, 0) is 4.79 Å². The predicted octanol–water partition coefficient (Wildman–Crippen LogP) is 1.44. The molecule has 0 spiro atoms. The van der Waals surface area contributed by atoms with Gasteiger partial charge >= 0.3 is 0 Å². The Morgan fingerprint density at radius 3 is 2.72 bits per heavy atom. The van der Waals surface area contributed by atoms with Gasteiger partial charge in [-0.25, -0.2) is 0 Å². The third kappa shape index (κ3) is 4.54. The summed E-state index contributed by atoms with van der Waals surface area (Å²) in [5.74, 6) is -0.695. The number of nitro benzene ring substituents is 1. The maximum Gasteiger partial charge on any atom is 0.270 e. The molecule has 1 aliphatic heterocycles. The second-order valence-corrected chi connectivity index (χ2v) is 6.46. The second kappa shape index (κ2) is 8.06. The fraction of sp³-hybridized carbons (Fsp3) is 0.529. The van der Waals surface area contributed by atoms with Crippen LogP contribution in [0.3, 0.4) is 0 Å². The van der Waals surface area contributed by atoms with Gasteiger partial charge in [0.25, 0.3) is 11.6 Å². The van der Waals surface area contributed by atoms with Crippen molar-refractivity contribution in [1.82, 2.24) is 10.2 Å². The van der Waals surface area contributed by atoms with Crippen molar-refractivity contribution in [2.75, 3.05) is 6.54 Å². The van der Waals surface area contributed by atoms with Crippen molar-refractivity contribution in [1.29, 1.82) is 0 Å². The van der Waals surface area contributed by atoms with Gasteiger partial charge < -0.3 is 16.0 Å². The Balaban J connectivity index is 2.06. The average Bonchev–Trinajstić information content (AvgIpc) is 2.60. The highest BCUT2D eigenvalue weighted by molar-refractivity contribution is 5.97. The number of non-ortho nitro benzene ring substituents is 1. The zero-order valence-electron chi connectivity index (χ0n) is 14.5. The number of benzene rings is 1. The highest BCUT2D eigenvalue weighted by atomic mass is 16.6. The van der Waals surface area contributed by atoms with Crippen LogP contribution < -0.4 is 11.1 Å². The van der Waals surface area contributed by atoms with Crippen LogP contribution in [0, 0.1) is 10.1 Å². The van der Waals surface area contributed by atoms with Gasteiger partial charge in [0, 0.05) is 36.3 Å². The Morgan fingerprint density at radius 1 is 1.36 bits per heavy atom. The van der Waals surface area contributed by atoms with Crippen LogP contribution in [0.1, 0.15) is 43.5 Å². The summed E-state index contributed by atoms with van der Waals surface area (Å²) in [5.41, 5.74) is 5.97. The number of piperidine rings is 1. The standard InChI is InChI=1S/C17H24N4O4/c1-11(18)15-8-3-4-9-20(15)17(23)12(2)19-16(22)13-6-5-7-14(10-13)21(24)25/h5-7,10-12,15H,3-4,8-9,18H2,1-2H3,(H,19,22). The lowest BCUT2D eigenvalue weighted by Crippen LogP contribution is -2.56. The summed E-state index contributed by atoms with van der Waals surface area (Å²) in [6.07, 6.45) is 2.81. The molecule has 25 heavy (non-hydrogen) atoms. The molecule has 0 bridgehead atoms. The first-order valence-corrected chi connectivity index (χ1v) is 8.42. The highest BCUT2D eigenvalue weighted by Crippen LogP contribution is 2.20. The molecule has 0 aromatic heterocycles. The second-order valence-electron chi connectivity index (χ2n) is 6.46. The number of hydrogen-bond donors (Lipinski definition) is 2. The minimum absolute atomic E-state index is 0.0292. The van der Waals surface area contributed by atoms with Crippen molar-refractivity contribution in [3.8, 4) is 0 Å². The Hall–Kier alpha value is -2.48. The van der Waals surface area contributed by atoms with E-state index in [0.717, 1.165) is 19.3 Å². The van der Waals surface area contributed by atoms with Crippen molar-refractivity contribution in [2.45, 2.75) is 51.2 Å². The molecule has 3 atom stereocenters. The predicted molar refractivity (Wildman–Crippen MR) is 93.0 cm³/mol. The minimum Gasteiger partial charge on any atom is -0.341 e. The van der Waals surface area contributed by atoms with Crippen molar-refractivity contribution >= 4 is 17.5 Å². The van der Waals surface area contributed by atoms with Crippen LogP contribution in [0.15, 0.2) is 24.3 Å². The normalized spacial score (nSPS) is 19.8. The number of nitrogens with two attached hydrogens (primary N) is 1. The summed E-state index contributed by atoms with van der Waals surface area (Å²) in [5, 5.41) is 13.4. The zero-order chi connectivity index (χ0) is 18.6. The molecule has 1 heterocycles. The van der Waals surface area contributed by atoms with Gasteiger partial charge in [0.15, 0.2) is 0 Å². The van der Waals surface area contributed by atoms with E-state index in [0.29, 0.717) is 6.54 Å². The molecule has 3 unspecified atom stereocenters. The maximum atomic E-state index is 12.7. The fourth-order valence-corrected chi connectivity index (χ4v) is 3.13. The maximum absolute atomic E-state index is 12.7. The summed E-state index contributed by atoms with van der Waals surface area (Å²) in [7, 11) is 0. The van der Waals surface area contributed by atoms with Crippen molar-refractivity contribution in [3.05, 3.63) is 39.9 Å². The van der Waals surface area contributed by atoms with Gasteiger partial charge in [-0.2, -0.15) is 0 Å². The van der Waals surface area contributed by atoms with Gasteiger partial charge in [0.1, 0.15) is 6.04 Å². The van der Waals surface area contributed by atoms with Crippen molar-refractivity contribution < 1.29 is 14.5 Å². The van der Waals surface area contributed by atoms with Gasteiger partial charge in [-0.3, -0.25) is 19.7 Å². The van der Waals surface area contributed by atoms with E-state index in [2.05, 4.69) is 5.32 Å². The summed E-state index contributed by atoms with van der Waals surface area (Å²) in [4.78, 5) is 37.0. The molecule has 2 rings (SSSR count). The molecule has 1 fully saturated rings. The number of nitro groups is 1. The molecule has 1 aromatic carbocycles. The summed E-state index contributed by atoms with van der Waals surface area (Å²) >= 11 is 0. The molecular formula is C17H24N4O4. The van der Waals surface area contributed by atoms with E-state index < -0.39 is 16.9 Å². The van der Waals surface area contributed by atoms with Gasteiger partial charge in [-0.1, -0.05) is 6.07 Å². The number of amides is 2. The fourth-order valence-electron chi connectivity index (χ4n) is 3.13. The van der Waals surface area contributed by atoms with E-state index in [-0.39, 0.29) is 29.2 Å². The van der Waals surface area contributed by atoms with Crippen molar-refractivity contribution in [3.63, 3.8) is 0 Å². The lowest BCUT2D eigenvalue weighted by Gasteiger charge is -2.39. The average molecular weight is 348 g/mol. The topological polar surface area (TPSA) is 119 Å². The number of likely N-dealkylation sites (tertiary alicyclic amines) is 1.